The van der Waals surface area contributed by atoms with Crippen molar-refractivity contribution in [1.82, 2.24) is 0 Å². The third kappa shape index (κ3) is 1.28. The first-order valence-corrected chi connectivity index (χ1v) is 7.43. The lowest BCUT2D eigenvalue weighted by Gasteiger charge is -2.65. The molecule has 3 fully saturated rings. The van der Waals surface area contributed by atoms with Gasteiger partial charge in [0, 0.05) is 11.3 Å². The third-order valence-corrected chi connectivity index (χ3v) is 5.81. The van der Waals surface area contributed by atoms with Gasteiger partial charge in [0.15, 0.2) is 5.78 Å². The number of rotatable bonds is 2. The van der Waals surface area contributed by atoms with Crippen LogP contribution >= 0.6 is 0 Å². The molecule has 0 aromatic heterocycles. The highest BCUT2D eigenvalue weighted by Crippen LogP contribution is 2.66. The fourth-order valence-corrected chi connectivity index (χ4v) is 5.23. The van der Waals surface area contributed by atoms with E-state index >= 15 is 0 Å². The van der Waals surface area contributed by atoms with Gasteiger partial charge in [0.2, 0.25) is 0 Å². The van der Waals surface area contributed by atoms with E-state index in [1.54, 1.807) is 0 Å². The number of aliphatic hydroxyl groups is 1. The molecule has 0 saturated heterocycles. The lowest BCUT2D eigenvalue weighted by Crippen LogP contribution is -2.74. The van der Waals surface area contributed by atoms with Gasteiger partial charge < -0.3 is 5.11 Å². The third-order valence-electron chi connectivity index (χ3n) is 5.81. The van der Waals surface area contributed by atoms with Crippen LogP contribution in [0, 0.1) is 17.3 Å². The van der Waals surface area contributed by atoms with Crippen LogP contribution in [0.3, 0.4) is 0 Å². The average Bonchev–Trinajstić information content (AvgIpc) is 2.37. The Morgan fingerprint density at radius 2 is 2.00 bits per heavy atom. The molecule has 2 heteroatoms. The maximum absolute atomic E-state index is 12.6. The Labute approximate surface area is 104 Å². The second-order valence-corrected chi connectivity index (χ2v) is 6.47. The Kier molecular flexibility index (Phi) is 2.62. The molecule has 3 rings (SSSR count). The van der Waals surface area contributed by atoms with Crippen molar-refractivity contribution in [1.29, 1.82) is 0 Å². The molecule has 17 heavy (non-hydrogen) atoms. The normalized spacial score (nSPS) is 49.2. The summed E-state index contributed by atoms with van der Waals surface area (Å²) in [6, 6.07) is 0. The number of carbonyl (C=O) groups excluding carboxylic acids is 1. The van der Waals surface area contributed by atoms with Crippen molar-refractivity contribution < 1.29 is 9.90 Å². The van der Waals surface area contributed by atoms with Crippen LogP contribution in [-0.2, 0) is 4.79 Å². The summed E-state index contributed by atoms with van der Waals surface area (Å²) in [6.45, 7) is 2.07. The molecule has 3 saturated carbocycles. The maximum atomic E-state index is 12.6. The molecule has 0 aromatic carbocycles. The molecule has 0 unspecified atom stereocenters. The fraction of sp³-hybridized carbons (Fsp3) is 0.933. The Bertz CT molecular complexity index is 336. The highest BCUT2D eigenvalue weighted by Gasteiger charge is 2.72. The van der Waals surface area contributed by atoms with Gasteiger partial charge in [0.1, 0.15) is 5.60 Å². The minimum Gasteiger partial charge on any atom is -0.382 e. The predicted molar refractivity (Wildman–Crippen MR) is 66.6 cm³/mol. The van der Waals surface area contributed by atoms with Crippen LogP contribution in [0.4, 0.5) is 0 Å². The van der Waals surface area contributed by atoms with Gasteiger partial charge in [0.05, 0.1) is 0 Å². The van der Waals surface area contributed by atoms with Crippen LogP contribution < -0.4 is 0 Å². The number of hydrogen-bond donors (Lipinski definition) is 1. The van der Waals surface area contributed by atoms with Gasteiger partial charge in [-0.15, -0.1) is 0 Å². The lowest BCUT2D eigenvalue weighted by atomic mass is 9.38. The Morgan fingerprint density at radius 1 is 1.24 bits per heavy atom. The van der Waals surface area contributed by atoms with Gasteiger partial charge in [0.25, 0.3) is 0 Å². The SMILES string of the molecule is CCC[C@]1(O)C(=O)[C@]23CCCC[C@H]2CCC[C@@H]31. The Hall–Kier alpha value is -0.370. The number of hydrogen-bond acceptors (Lipinski definition) is 2. The Morgan fingerprint density at radius 3 is 2.76 bits per heavy atom. The molecule has 1 spiro atoms. The van der Waals surface area contributed by atoms with E-state index in [9.17, 15) is 9.90 Å². The van der Waals surface area contributed by atoms with Gasteiger partial charge in [-0.25, -0.2) is 0 Å². The number of carbonyl (C=O) groups is 1. The Balaban J connectivity index is 1.92. The molecule has 0 heterocycles. The fourth-order valence-electron chi connectivity index (χ4n) is 5.23. The molecular formula is C15H24O2. The van der Waals surface area contributed by atoms with Gasteiger partial charge in [-0.1, -0.05) is 32.6 Å². The van der Waals surface area contributed by atoms with Crippen LogP contribution in [0.5, 0.6) is 0 Å². The summed E-state index contributed by atoms with van der Waals surface area (Å²) in [7, 11) is 0. The van der Waals surface area contributed by atoms with Crippen molar-refractivity contribution in [3.05, 3.63) is 0 Å². The number of ketones is 1. The summed E-state index contributed by atoms with van der Waals surface area (Å²) in [5.41, 5.74) is -1.02. The van der Waals surface area contributed by atoms with Gasteiger partial charge >= 0.3 is 0 Å². The molecule has 0 bridgehead atoms. The topological polar surface area (TPSA) is 37.3 Å². The van der Waals surface area contributed by atoms with E-state index in [-0.39, 0.29) is 11.2 Å². The van der Waals surface area contributed by atoms with E-state index < -0.39 is 5.60 Å². The van der Waals surface area contributed by atoms with Gasteiger partial charge in [-0.05, 0) is 38.0 Å². The summed E-state index contributed by atoms with van der Waals surface area (Å²) in [5, 5.41) is 10.7. The molecule has 1 N–H and O–H groups in total. The summed E-state index contributed by atoms with van der Waals surface area (Å²) < 4.78 is 0. The summed E-state index contributed by atoms with van der Waals surface area (Å²) in [5.74, 6) is 1.11. The van der Waals surface area contributed by atoms with Crippen LogP contribution in [0.15, 0.2) is 0 Å². The van der Waals surface area contributed by atoms with Crippen molar-refractivity contribution in [2.24, 2.45) is 17.3 Å². The van der Waals surface area contributed by atoms with E-state index in [4.69, 9.17) is 0 Å². The molecule has 0 aliphatic heterocycles. The molecule has 4 atom stereocenters. The van der Waals surface area contributed by atoms with Gasteiger partial charge in [-0.3, -0.25) is 4.79 Å². The zero-order valence-corrected chi connectivity index (χ0v) is 10.9. The molecule has 3 aliphatic rings. The van der Waals surface area contributed by atoms with E-state index in [0.717, 1.165) is 19.3 Å². The van der Waals surface area contributed by atoms with E-state index in [1.807, 2.05) is 0 Å². The second kappa shape index (κ2) is 3.81. The van der Waals surface area contributed by atoms with Crippen molar-refractivity contribution in [3.8, 4) is 0 Å². The zero-order chi connectivity index (χ0) is 12.1. The van der Waals surface area contributed by atoms with Crippen molar-refractivity contribution in [3.63, 3.8) is 0 Å². The summed E-state index contributed by atoms with van der Waals surface area (Å²) in [4.78, 5) is 12.6. The molecule has 3 aliphatic carbocycles. The smallest absolute Gasteiger partial charge is 0.171 e. The van der Waals surface area contributed by atoms with Crippen LogP contribution in [0.1, 0.15) is 64.7 Å². The first-order chi connectivity index (χ1) is 8.16. The average molecular weight is 236 g/mol. The molecule has 0 aromatic rings. The quantitative estimate of drug-likeness (QED) is 0.800. The largest absolute Gasteiger partial charge is 0.382 e. The minimum atomic E-state index is -0.940. The van der Waals surface area contributed by atoms with Crippen LogP contribution in [0.25, 0.3) is 0 Å². The lowest BCUT2D eigenvalue weighted by molar-refractivity contribution is -0.224. The predicted octanol–water partition coefficient (Wildman–Crippen LogP) is 3.08. The molecule has 0 radical (unpaired) electrons. The van der Waals surface area contributed by atoms with E-state index in [1.165, 1.54) is 32.1 Å². The first-order valence-electron chi connectivity index (χ1n) is 7.43. The maximum Gasteiger partial charge on any atom is 0.171 e. The minimum absolute atomic E-state index is 0.0829. The second-order valence-electron chi connectivity index (χ2n) is 6.47. The molecular weight excluding hydrogens is 212 g/mol. The monoisotopic (exact) mass is 236 g/mol. The zero-order valence-electron chi connectivity index (χ0n) is 10.9. The summed E-state index contributed by atoms with van der Waals surface area (Å²) in [6.07, 6.45) is 9.90. The van der Waals surface area contributed by atoms with Crippen molar-refractivity contribution >= 4 is 5.78 Å². The van der Waals surface area contributed by atoms with E-state index in [0.29, 0.717) is 18.3 Å². The van der Waals surface area contributed by atoms with Crippen molar-refractivity contribution in [2.45, 2.75) is 70.3 Å². The standard InChI is InChI=1S/C15H24O2/c1-2-9-15(17)12-8-5-7-11-6-3-4-10-14(11,12)13(15)16/h11-12,17H,2-10H2,1H3/t11-,12-,14+,15+/m0/s1. The molecule has 0 amide bonds. The van der Waals surface area contributed by atoms with Gasteiger partial charge in [-0.2, -0.15) is 0 Å². The molecule has 96 valence electrons. The highest BCUT2D eigenvalue weighted by atomic mass is 16.3. The summed E-state index contributed by atoms with van der Waals surface area (Å²) >= 11 is 0. The number of Topliss-reactive ketones (excluding diaryl/α,β-unsaturated/α-hetero) is 1. The molecule has 2 nitrogen and oxygen atoms in total. The van der Waals surface area contributed by atoms with E-state index in [2.05, 4.69) is 6.92 Å². The van der Waals surface area contributed by atoms with Crippen LogP contribution in [-0.4, -0.2) is 16.5 Å². The first kappa shape index (κ1) is 11.7. The highest BCUT2D eigenvalue weighted by molar-refractivity contribution is 6.00. The van der Waals surface area contributed by atoms with Crippen molar-refractivity contribution in [2.75, 3.05) is 0 Å². The van der Waals surface area contributed by atoms with Crippen LogP contribution in [0.2, 0.25) is 0 Å².